The van der Waals surface area contributed by atoms with E-state index < -0.39 is 6.04 Å². The van der Waals surface area contributed by atoms with E-state index in [1.54, 1.807) is 0 Å². The van der Waals surface area contributed by atoms with Crippen molar-refractivity contribution in [2.75, 3.05) is 6.61 Å². The third kappa shape index (κ3) is 3.54. The SMILES string of the molecule is O=C(OCc1ccccc1)C1COC(c2ccc(Br)cc2)=N1. The molecule has 22 heavy (non-hydrogen) atoms. The molecule has 1 heterocycles. The van der Waals surface area contributed by atoms with Crippen molar-refractivity contribution in [1.29, 1.82) is 0 Å². The first kappa shape index (κ1) is 14.8. The van der Waals surface area contributed by atoms with Crippen LogP contribution in [0.4, 0.5) is 0 Å². The molecule has 0 saturated carbocycles. The molecule has 0 aromatic heterocycles. The van der Waals surface area contributed by atoms with Gasteiger partial charge >= 0.3 is 5.97 Å². The Morgan fingerprint density at radius 1 is 1.18 bits per heavy atom. The molecule has 0 spiro atoms. The quantitative estimate of drug-likeness (QED) is 0.786. The first-order valence-electron chi connectivity index (χ1n) is 6.89. The summed E-state index contributed by atoms with van der Waals surface area (Å²) in [6, 6.07) is 16.6. The molecule has 4 nitrogen and oxygen atoms in total. The highest BCUT2D eigenvalue weighted by Crippen LogP contribution is 2.16. The summed E-state index contributed by atoms with van der Waals surface area (Å²) >= 11 is 3.38. The van der Waals surface area contributed by atoms with E-state index in [4.69, 9.17) is 9.47 Å². The van der Waals surface area contributed by atoms with Gasteiger partial charge in [0.05, 0.1) is 0 Å². The molecule has 3 rings (SSSR count). The number of hydrogen-bond acceptors (Lipinski definition) is 4. The average Bonchev–Trinajstić information content (AvgIpc) is 3.04. The summed E-state index contributed by atoms with van der Waals surface area (Å²) in [5.74, 6) is 0.116. The number of benzene rings is 2. The maximum Gasteiger partial charge on any atom is 0.334 e. The molecule has 2 aromatic carbocycles. The molecular weight excluding hydrogens is 346 g/mol. The Bertz CT molecular complexity index is 683. The summed E-state index contributed by atoms with van der Waals surface area (Å²) in [6.45, 7) is 0.471. The first-order chi connectivity index (χ1) is 10.7. The number of carbonyl (C=O) groups is 1. The predicted octanol–water partition coefficient (Wildman–Crippen LogP) is 3.34. The summed E-state index contributed by atoms with van der Waals surface area (Å²) in [5.41, 5.74) is 1.80. The van der Waals surface area contributed by atoms with Gasteiger partial charge in [-0.1, -0.05) is 46.3 Å². The van der Waals surface area contributed by atoms with Crippen LogP contribution in [0.5, 0.6) is 0 Å². The minimum Gasteiger partial charge on any atom is -0.475 e. The van der Waals surface area contributed by atoms with Gasteiger partial charge in [-0.15, -0.1) is 0 Å². The third-order valence-electron chi connectivity index (χ3n) is 3.24. The van der Waals surface area contributed by atoms with Crippen LogP contribution in [0.25, 0.3) is 0 Å². The summed E-state index contributed by atoms with van der Waals surface area (Å²) in [5, 5.41) is 0. The van der Waals surface area contributed by atoms with E-state index in [9.17, 15) is 4.79 Å². The predicted molar refractivity (Wildman–Crippen MR) is 86.7 cm³/mol. The lowest BCUT2D eigenvalue weighted by Crippen LogP contribution is -2.22. The van der Waals surface area contributed by atoms with Crippen molar-refractivity contribution < 1.29 is 14.3 Å². The molecule has 1 unspecified atom stereocenters. The van der Waals surface area contributed by atoms with Crippen LogP contribution < -0.4 is 0 Å². The minimum atomic E-state index is -0.595. The molecule has 0 saturated heterocycles. The summed E-state index contributed by atoms with van der Waals surface area (Å²) < 4.78 is 11.8. The lowest BCUT2D eigenvalue weighted by molar-refractivity contribution is -0.146. The van der Waals surface area contributed by atoms with Crippen molar-refractivity contribution in [3.63, 3.8) is 0 Å². The molecule has 0 aliphatic carbocycles. The Hall–Kier alpha value is -2.14. The van der Waals surface area contributed by atoms with Gasteiger partial charge in [0.15, 0.2) is 6.04 Å². The van der Waals surface area contributed by atoms with Crippen molar-refractivity contribution in [2.24, 2.45) is 4.99 Å². The van der Waals surface area contributed by atoms with Crippen molar-refractivity contribution in [2.45, 2.75) is 12.6 Å². The fraction of sp³-hybridized carbons (Fsp3) is 0.176. The lowest BCUT2D eigenvalue weighted by Gasteiger charge is -2.06. The second-order valence-electron chi connectivity index (χ2n) is 4.86. The van der Waals surface area contributed by atoms with Crippen molar-refractivity contribution >= 4 is 27.8 Å². The highest BCUT2D eigenvalue weighted by molar-refractivity contribution is 9.10. The van der Waals surface area contributed by atoms with E-state index in [1.165, 1.54) is 0 Å². The molecule has 0 radical (unpaired) electrons. The van der Waals surface area contributed by atoms with Crippen LogP contribution in [0.2, 0.25) is 0 Å². The Balaban J connectivity index is 1.61. The smallest absolute Gasteiger partial charge is 0.334 e. The average molecular weight is 360 g/mol. The number of nitrogens with zero attached hydrogens (tertiary/aromatic N) is 1. The number of rotatable bonds is 4. The normalized spacial score (nSPS) is 16.8. The standard InChI is InChI=1S/C17H14BrNO3/c18-14-8-6-13(7-9-14)16-19-15(11-21-16)17(20)22-10-12-4-2-1-3-5-12/h1-9,15H,10-11H2. The number of hydrogen-bond donors (Lipinski definition) is 0. The number of esters is 1. The molecule has 1 atom stereocenters. The van der Waals surface area contributed by atoms with Crippen molar-refractivity contribution in [1.82, 2.24) is 0 Å². The highest BCUT2D eigenvalue weighted by atomic mass is 79.9. The fourth-order valence-corrected chi connectivity index (χ4v) is 2.33. The zero-order valence-corrected chi connectivity index (χ0v) is 13.3. The molecule has 0 N–H and O–H groups in total. The van der Waals surface area contributed by atoms with Crippen molar-refractivity contribution in [3.8, 4) is 0 Å². The van der Waals surface area contributed by atoms with Crippen LogP contribution in [-0.4, -0.2) is 24.5 Å². The molecule has 5 heteroatoms. The number of ether oxygens (including phenoxy) is 2. The highest BCUT2D eigenvalue weighted by Gasteiger charge is 2.27. The van der Waals surface area contributed by atoms with E-state index in [1.807, 2.05) is 54.6 Å². The van der Waals surface area contributed by atoms with Crippen LogP contribution >= 0.6 is 15.9 Å². The second-order valence-corrected chi connectivity index (χ2v) is 5.78. The van der Waals surface area contributed by atoms with E-state index in [0.717, 1.165) is 15.6 Å². The molecule has 2 aromatic rings. The Kier molecular flexibility index (Phi) is 4.53. The van der Waals surface area contributed by atoms with Gasteiger partial charge in [-0.2, -0.15) is 0 Å². The van der Waals surface area contributed by atoms with Gasteiger partial charge in [0, 0.05) is 10.0 Å². The second kappa shape index (κ2) is 6.75. The van der Waals surface area contributed by atoms with Gasteiger partial charge in [0.1, 0.15) is 13.2 Å². The van der Waals surface area contributed by atoms with Gasteiger partial charge in [-0.05, 0) is 29.8 Å². The van der Waals surface area contributed by atoms with E-state index in [0.29, 0.717) is 5.90 Å². The third-order valence-corrected chi connectivity index (χ3v) is 3.77. The summed E-state index contributed by atoms with van der Waals surface area (Å²) in [7, 11) is 0. The molecule has 0 bridgehead atoms. The van der Waals surface area contributed by atoms with Gasteiger partial charge in [0.2, 0.25) is 5.90 Å². The molecular formula is C17H14BrNO3. The van der Waals surface area contributed by atoms with Crippen LogP contribution in [0.1, 0.15) is 11.1 Å². The number of aliphatic imine (C=N–C) groups is 1. The molecule has 112 valence electrons. The van der Waals surface area contributed by atoms with E-state index >= 15 is 0 Å². The maximum atomic E-state index is 12.0. The monoisotopic (exact) mass is 359 g/mol. The summed E-state index contributed by atoms with van der Waals surface area (Å²) in [4.78, 5) is 16.3. The van der Waals surface area contributed by atoms with Crippen LogP contribution in [0.15, 0.2) is 64.1 Å². The maximum absolute atomic E-state index is 12.0. The lowest BCUT2D eigenvalue weighted by atomic mass is 10.2. The number of carbonyl (C=O) groups excluding carboxylic acids is 1. The molecule has 1 aliphatic rings. The zero-order valence-electron chi connectivity index (χ0n) is 11.7. The first-order valence-corrected chi connectivity index (χ1v) is 7.69. The fourth-order valence-electron chi connectivity index (χ4n) is 2.07. The largest absolute Gasteiger partial charge is 0.475 e. The topological polar surface area (TPSA) is 47.9 Å². The number of halogens is 1. The Morgan fingerprint density at radius 2 is 1.91 bits per heavy atom. The Morgan fingerprint density at radius 3 is 2.64 bits per heavy atom. The summed E-state index contributed by atoms with van der Waals surface area (Å²) in [6.07, 6.45) is 0. The Labute approximate surface area is 136 Å². The van der Waals surface area contributed by atoms with Gasteiger partial charge < -0.3 is 9.47 Å². The molecule has 1 aliphatic heterocycles. The van der Waals surface area contributed by atoms with Gasteiger partial charge in [-0.3, -0.25) is 0 Å². The van der Waals surface area contributed by atoms with E-state index in [2.05, 4.69) is 20.9 Å². The van der Waals surface area contributed by atoms with Gasteiger partial charge in [-0.25, -0.2) is 9.79 Å². The molecule has 0 fully saturated rings. The van der Waals surface area contributed by atoms with Crippen LogP contribution in [0.3, 0.4) is 0 Å². The van der Waals surface area contributed by atoms with Crippen molar-refractivity contribution in [3.05, 3.63) is 70.2 Å². The van der Waals surface area contributed by atoms with Crippen LogP contribution in [0, 0.1) is 0 Å². The minimum absolute atomic E-state index is 0.221. The zero-order chi connectivity index (χ0) is 15.4. The molecule has 0 amide bonds. The van der Waals surface area contributed by atoms with E-state index in [-0.39, 0.29) is 19.2 Å². The van der Waals surface area contributed by atoms with Crippen LogP contribution in [-0.2, 0) is 20.9 Å². The van der Waals surface area contributed by atoms with Gasteiger partial charge in [0.25, 0.3) is 0 Å².